The van der Waals surface area contributed by atoms with Gasteiger partial charge in [0.2, 0.25) is 5.52 Å². The lowest BCUT2D eigenvalue weighted by Crippen LogP contribution is -2.30. The molecule has 0 amide bonds. The van der Waals surface area contributed by atoms with Gasteiger partial charge in [-0.05, 0) is 12.1 Å². The number of hydrogen-bond acceptors (Lipinski definition) is 3. The summed E-state index contributed by atoms with van der Waals surface area (Å²) in [6.07, 6.45) is 9.71. The largest absolute Gasteiger partial charge is 0.300 e. The fourth-order valence-electron chi connectivity index (χ4n) is 2.87. The van der Waals surface area contributed by atoms with Crippen molar-refractivity contribution >= 4 is 27.1 Å². The van der Waals surface area contributed by atoms with E-state index >= 15 is 0 Å². The summed E-state index contributed by atoms with van der Waals surface area (Å²) in [7, 11) is 0. The predicted molar refractivity (Wildman–Crippen MR) is 73.1 cm³/mol. The Morgan fingerprint density at radius 1 is 1.21 bits per heavy atom. The van der Waals surface area contributed by atoms with Gasteiger partial charge in [-0.15, -0.1) is 0 Å². The summed E-state index contributed by atoms with van der Waals surface area (Å²) < 4.78 is 5.79. The molecule has 4 aromatic rings. The van der Waals surface area contributed by atoms with E-state index in [4.69, 9.17) is 0 Å². The molecule has 1 aliphatic rings. The van der Waals surface area contributed by atoms with Crippen molar-refractivity contribution in [1.82, 2.24) is 14.4 Å². The van der Waals surface area contributed by atoms with Gasteiger partial charge in [0.05, 0.1) is 11.9 Å². The summed E-state index contributed by atoms with van der Waals surface area (Å²) in [5, 5.41) is 1.31. The standard InChI is InChI=1S/C14H9N4S/c1-3-15-5-10-9(1)6-18-13-11-2-4-16-8-17(11)7-12(13)19-14(10)18/h1-5,7-8H,6H2/q+1. The van der Waals surface area contributed by atoms with Gasteiger partial charge in [0.15, 0.2) is 6.54 Å². The second-order valence-electron chi connectivity index (χ2n) is 4.74. The summed E-state index contributed by atoms with van der Waals surface area (Å²) in [5.74, 6) is 0. The van der Waals surface area contributed by atoms with Crippen molar-refractivity contribution < 1.29 is 4.57 Å². The van der Waals surface area contributed by atoms with Gasteiger partial charge in [0, 0.05) is 30.4 Å². The molecule has 0 aliphatic carbocycles. The minimum absolute atomic E-state index is 0.940. The van der Waals surface area contributed by atoms with E-state index in [2.05, 4.69) is 37.3 Å². The number of aromatic nitrogens is 4. The molecule has 0 spiro atoms. The zero-order chi connectivity index (χ0) is 12.4. The van der Waals surface area contributed by atoms with Crippen LogP contribution in [-0.4, -0.2) is 14.4 Å². The molecule has 0 saturated carbocycles. The minimum atomic E-state index is 0.940. The summed E-state index contributed by atoms with van der Waals surface area (Å²) in [5.41, 5.74) is 5.15. The lowest BCUT2D eigenvalue weighted by molar-refractivity contribution is -0.641. The van der Waals surface area contributed by atoms with Crippen LogP contribution in [0, 0.1) is 0 Å². The maximum absolute atomic E-state index is 4.25. The fraction of sp³-hybridized carbons (Fsp3) is 0.0714. The SMILES string of the molecule is c1cc2c(cn1)-c1sc3cn4cnccc4c3[n+]1C2. The van der Waals surface area contributed by atoms with Crippen molar-refractivity contribution in [2.45, 2.75) is 6.54 Å². The molecule has 0 N–H and O–H groups in total. The van der Waals surface area contributed by atoms with Crippen LogP contribution in [0.1, 0.15) is 5.56 Å². The van der Waals surface area contributed by atoms with Crippen LogP contribution < -0.4 is 4.57 Å². The van der Waals surface area contributed by atoms with E-state index in [1.807, 2.05) is 36.3 Å². The molecular formula is C14H9N4S+. The van der Waals surface area contributed by atoms with Crippen LogP contribution in [0.2, 0.25) is 0 Å². The van der Waals surface area contributed by atoms with Gasteiger partial charge < -0.3 is 4.40 Å². The zero-order valence-corrected chi connectivity index (χ0v) is 10.8. The van der Waals surface area contributed by atoms with Crippen LogP contribution in [0.25, 0.3) is 26.3 Å². The number of hydrogen-bond donors (Lipinski definition) is 0. The molecule has 19 heavy (non-hydrogen) atoms. The van der Waals surface area contributed by atoms with Crippen LogP contribution in [-0.2, 0) is 6.54 Å². The topological polar surface area (TPSA) is 34.1 Å². The molecule has 5 heteroatoms. The number of rotatable bonds is 0. The van der Waals surface area contributed by atoms with Crippen molar-refractivity contribution in [3.8, 4) is 10.6 Å². The van der Waals surface area contributed by atoms with E-state index < -0.39 is 0 Å². The van der Waals surface area contributed by atoms with Crippen LogP contribution in [0.3, 0.4) is 0 Å². The molecule has 0 saturated heterocycles. The summed E-state index contributed by atoms with van der Waals surface area (Å²) in [4.78, 5) is 8.42. The summed E-state index contributed by atoms with van der Waals surface area (Å²) in [6.45, 7) is 0.940. The van der Waals surface area contributed by atoms with Gasteiger partial charge >= 0.3 is 0 Å². The Kier molecular flexibility index (Phi) is 1.62. The minimum Gasteiger partial charge on any atom is -0.300 e. The van der Waals surface area contributed by atoms with Crippen LogP contribution in [0.15, 0.2) is 43.2 Å². The Bertz CT molecular complexity index is 951. The Labute approximate surface area is 112 Å². The highest BCUT2D eigenvalue weighted by molar-refractivity contribution is 7.21. The van der Waals surface area contributed by atoms with Crippen LogP contribution in [0.4, 0.5) is 0 Å². The van der Waals surface area contributed by atoms with Crippen molar-refractivity contribution in [2.24, 2.45) is 0 Å². The van der Waals surface area contributed by atoms with Gasteiger partial charge in [-0.2, -0.15) is 4.57 Å². The molecule has 0 unspecified atom stereocenters. The molecular weight excluding hydrogens is 256 g/mol. The zero-order valence-electron chi connectivity index (χ0n) is 9.95. The molecule has 5 rings (SSSR count). The first-order chi connectivity index (χ1) is 9.42. The van der Waals surface area contributed by atoms with E-state index in [0.29, 0.717) is 0 Å². The predicted octanol–water partition coefficient (Wildman–Crippen LogP) is 2.26. The Morgan fingerprint density at radius 3 is 3.16 bits per heavy atom. The first-order valence-corrected chi connectivity index (χ1v) is 6.94. The molecule has 4 aromatic heterocycles. The van der Waals surface area contributed by atoms with Crippen LogP contribution >= 0.6 is 11.3 Å². The quantitative estimate of drug-likeness (QED) is 0.402. The second-order valence-corrected chi connectivity index (χ2v) is 5.77. The monoisotopic (exact) mass is 265 g/mol. The maximum Gasteiger partial charge on any atom is 0.272 e. The van der Waals surface area contributed by atoms with E-state index in [-0.39, 0.29) is 0 Å². The molecule has 5 heterocycles. The molecule has 0 aromatic carbocycles. The van der Waals surface area contributed by atoms with Gasteiger partial charge in [0.1, 0.15) is 10.2 Å². The lowest BCUT2D eigenvalue weighted by atomic mass is 10.2. The molecule has 0 bridgehead atoms. The molecule has 1 aliphatic heterocycles. The summed E-state index contributed by atoms with van der Waals surface area (Å²) >= 11 is 1.83. The van der Waals surface area contributed by atoms with Crippen molar-refractivity contribution in [1.29, 1.82) is 0 Å². The highest BCUT2D eigenvalue weighted by atomic mass is 32.1. The molecule has 90 valence electrons. The molecule has 0 fully saturated rings. The van der Waals surface area contributed by atoms with Crippen molar-refractivity contribution in [2.75, 3.05) is 0 Å². The third-order valence-electron chi connectivity index (χ3n) is 3.71. The normalized spacial score (nSPS) is 13.1. The molecule has 4 nitrogen and oxygen atoms in total. The third kappa shape index (κ3) is 1.11. The average molecular weight is 265 g/mol. The highest BCUT2D eigenvalue weighted by Gasteiger charge is 2.33. The summed E-state index contributed by atoms with van der Waals surface area (Å²) in [6, 6.07) is 4.18. The number of fused-ring (bicyclic) bond motifs is 7. The van der Waals surface area contributed by atoms with Gasteiger partial charge in [-0.1, -0.05) is 11.3 Å². The average Bonchev–Trinajstić information content (AvgIpc) is 3.05. The fourth-order valence-corrected chi connectivity index (χ4v) is 4.12. The van der Waals surface area contributed by atoms with Crippen molar-refractivity contribution in [3.05, 3.63) is 48.8 Å². The third-order valence-corrected chi connectivity index (χ3v) is 4.86. The lowest BCUT2D eigenvalue weighted by Gasteiger charge is -1.90. The van der Waals surface area contributed by atoms with Crippen LogP contribution in [0.5, 0.6) is 0 Å². The number of nitrogens with zero attached hydrogens (tertiary/aromatic N) is 4. The Hall–Kier alpha value is -2.27. The number of pyridine rings is 1. The second kappa shape index (κ2) is 3.19. The smallest absolute Gasteiger partial charge is 0.272 e. The maximum atomic E-state index is 4.25. The van der Waals surface area contributed by atoms with Gasteiger partial charge in [-0.3, -0.25) is 4.98 Å². The van der Waals surface area contributed by atoms with E-state index in [9.17, 15) is 0 Å². The molecule has 0 atom stereocenters. The first kappa shape index (κ1) is 9.63. The Balaban J connectivity index is 1.94. The highest BCUT2D eigenvalue weighted by Crippen LogP contribution is 2.36. The Morgan fingerprint density at radius 2 is 2.16 bits per heavy atom. The van der Waals surface area contributed by atoms with E-state index in [0.717, 1.165) is 6.54 Å². The van der Waals surface area contributed by atoms with Crippen molar-refractivity contribution in [3.63, 3.8) is 0 Å². The number of thiazole rings is 1. The van der Waals surface area contributed by atoms with E-state index in [1.54, 1.807) is 0 Å². The first-order valence-electron chi connectivity index (χ1n) is 6.12. The molecule has 0 radical (unpaired) electrons. The van der Waals surface area contributed by atoms with E-state index in [1.165, 1.54) is 31.9 Å². The van der Waals surface area contributed by atoms with Gasteiger partial charge in [0.25, 0.3) is 5.01 Å². The van der Waals surface area contributed by atoms with Gasteiger partial charge in [-0.25, -0.2) is 4.98 Å².